The van der Waals surface area contributed by atoms with Crippen LogP contribution in [-0.2, 0) is 19.5 Å². The first kappa shape index (κ1) is 27.7. The van der Waals surface area contributed by atoms with Crippen LogP contribution in [0.1, 0.15) is 41.0 Å². The van der Waals surface area contributed by atoms with Gasteiger partial charge in [-0.25, -0.2) is 4.79 Å². The van der Waals surface area contributed by atoms with E-state index in [1.807, 2.05) is 36.1 Å². The minimum atomic E-state index is -0.0653. The van der Waals surface area contributed by atoms with E-state index < -0.39 is 0 Å². The van der Waals surface area contributed by atoms with Gasteiger partial charge in [0, 0.05) is 67.4 Å². The summed E-state index contributed by atoms with van der Waals surface area (Å²) in [5.41, 5.74) is 9.42. The highest BCUT2D eigenvalue weighted by atomic mass is 32.1. The van der Waals surface area contributed by atoms with Gasteiger partial charge in [-0.05, 0) is 60.8 Å². The van der Waals surface area contributed by atoms with Gasteiger partial charge in [-0.15, -0.1) is 11.3 Å². The van der Waals surface area contributed by atoms with Crippen molar-refractivity contribution < 1.29 is 4.79 Å². The van der Waals surface area contributed by atoms with Crippen LogP contribution in [0.3, 0.4) is 0 Å². The van der Waals surface area contributed by atoms with Crippen LogP contribution in [0.25, 0.3) is 21.8 Å². The van der Waals surface area contributed by atoms with Gasteiger partial charge in [-0.3, -0.25) is 10.00 Å². The third-order valence-corrected chi connectivity index (χ3v) is 9.15. The lowest BCUT2D eigenvalue weighted by Crippen LogP contribution is -2.43. The lowest BCUT2D eigenvalue weighted by Gasteiger charge is -2.32. The molecule has 1 fully saturated rings. The molecule has 2 N–H and O–H groups in total. The number of hydrogen-bond acceptors (Lipinski definition) is 5. The fraction of sp³-hybridized carbons (Fsp3) is 0.394. The molecule has 1 saturated heterocycles. The molecule has 2 aromatic heterocycles. The van der Waals surface area contributed by atoms with Gasteiger partial charge in [0.1, 0.15) is 0 Å². The molecule has 0 atom stereocenters. The molecule has 1 aliphatic carbocycles. The number of anilines is 1. The predicted octanol–water partition coefficient (Wildman–Crippen LogP) is 6.46. The van der Waals surface area contributed by atoms with E-state index in [9.17, 15) is 4.79 Å². The Labute approximate surface area is 247 Å². The Kier molecular flexibility index (Phi) is 7.97. The number of H-pyrrole nitrogens is 1. The normalized spacial score (nSPS) is 15.2. The third kappa shape index (κ3) is 6.25. The van der Waals surface area contributed by atoms with Crippen molar-refractivity contribution in [3.63, 3.8) is 0 Å². The van der Waals surface area contributed by atoms with Crippen LogP contribution < -0.4 is 5.32 Å². The second-order valence-electron chi connectivity index (χ2n) is 12.0. The number of hydrogen-bond donors (Lipinski definition) is 2. The number of likely N-dealkylation sites (N-methyl/N-ethyl adjacent to an activating group) is 1. The van der Waals surface area contributed by atoms with Crippen molar-refractivity contribution in [1.29, 1.82) is 0 Å². The Morgan fingerprint density at radius 2 is 1.93 bits per heavy atom. The van der Waals surface area contributed by atoms with Crippen molar-refractivity contribution in [2.45, 2.75) is 40.3 Å². The Balaban J connectivity index is 1.15. The van der Waals surface area contributed by atoms with Crippen molar-refractivity contribution in [2.75, 3.05) is 45.1 Å². The number of piperazine rings is 1. The van der Waals surface area contributed by atoms with E-state index in [1.165, 1.54) is 27.1 Å². The number of carbonyl (C=O) groups excluding carboxylic acids is 1. The van der Waals surface area contributed by atoms with Gasteiger partial charge in [-0.2, -0.15) is 5.10 Å². The monoisotopic (exact) mass is 568 g/mol. The summed E-state index contributed by atoms with van der Waals surface area (Å²) < 4.78 is 0. The molecule has 2 aromatic carbocycles. The van der Waals surface area contributed by atoms with Gasteiger partial charge in [0.15, 0.2) is 0 Å². The van der Waals surface area contributed by atoms with E-state index in [2.05, 4.69) is 71.4 Å². The van der Waals surface area contributed by atoms with Gasteiger partial charge in [0.25, 0.3) is 0 Å². The quantitative estimate of drug-likeness (QED) is 0.226. The lowest BCUT2D eigenvalue weighted by atomic mass is 10.0. The highest BCUT2D eigenvalue weighted by Crippen LogP contribution is 2.42. The second kappa shape index (κ2) is 11.8. The van der Waals surface area contributed by atoms with Crippen LogP contribution in [0.2, 0.25) is 0 Å². The maximum atomic E-state index is 13.2. The van der Waals surface area contributed by atoms with Gasteiger partial charge < -0.3 is 15.1 Å². The first-order valence-corrected chi connectivity index (χ1v) is 15.5. The Morgan fingerprint density at radius 1 is 1.10 bits per heavy atom. The number of urea groups is 1. The summed E-state index contributed by atoms with van der Waals surface area (Å²) in [5.74, 6) is 0.369. The summed E-state index contributed by atoms with van der Waals surface area (Å²) >= 11 is 1.74. The molecular weight excluding hydrogens is 528 g/mol. The van der Waals surface area contributed by atoms with E-state index in [4.69, 9.17) is 5.10 Å². The minimum Gasteiger partial charge on any atom is -0.319 e. The van der Waals surface area contributed by atoms with Crippen LogP contribution >= 0.6 is 11.3 Å². The zero-order valence-electron chi connectivity index (χ0n) is 24.5. The van der Waals surface area contributed by atoms with Crippen molar-refractivity contribution in [3.05, 3.63) is 81.7 Å². The Bertz CT molecular complexity index is 1530. The van der Waals surface area contributed by atoms with Crippen molar-refractivity contribution >= 4 is 23.1 Å². The second-order valence-corrected chi connectivity index (χ2v) is 13.2. The summed E-state index contributed by atoms with van der Waals surface area (Å²) in [6.07, 6.45) is 0.901. The molecule has 2 amide bonds. The molecule has 0 radical (unpaired) electrons. The number of fused-ring (bicyclic) bond motifs is 3. The maximum Gasteiger partial charge on any atom is 0.322 e. The van der Waals surface area contributed by atoms with Gasteiger partial charge in [-0.1, -0.05) is 44.2 Å². The fourth-order valence-corrected chi connectivity index (χ4v) is 6.96. The van der Waals surface area contributed by atoms with Crippen LogP contribution in [0, 0.1) is 12.8 Å². The molecule has 41 heavy (non-hydrogen) atoms. The molecule has 0 spiro atoms. The standard InChI is InChI=1S/C33H40N6OS/c1-22(2)19-39(33(40)34-26-7-5-6-23(3)16-26)21-27-9-11-30(41-27)32-29-18-25-17-24(8-10-28(25)31(29)35-36-32)20-38-14-12-37(4)13-15-38/h5-11,16-17,22H,12-15,18-21H2,1-4H3,(H,34,40)(H,35,36). The molecule has 8 heteroatoms. The summed E-state index contributed by atoms with van der Waals surface area (Å²) in [5, 5.41) is 11.2. The molecule has 6 rings (SSSR count). The zero-order chi connectivity index (χ0) is 28.5. The highest BCUT2D eigenvalue weighted by molar-refractivity contribution is 7.15. The average Bonchev–Trinajstić information content (AvgIpc) is 3.65. The summed E-state index contributed by atoms with van der Waals surface area (Å²) in [4.78, 5) is 22.4. The number of aromatic amines is 1. The molecule has 4 aromatic rings. The van der Waals surface area contributed by atoms with E-state index in [1.54, 1.807) is 11.3 Å². The first-order chi connectivity index (χ1) is 19.8. The van der Waals surface area contributed by atoms with E-state index in [0.29, 0.717) is 19.0 Å². The number of nitrogens with one attached hydrogen (secondary N) is 2. The summed E-state index contributed by atoms with van der Waals surface area (Å²) in [7, 11) is 2.20. The SMILES string of the molecule is Cc1cccc(NC(=O)N(Cc2ccc(-c3[nH]nc4c3Cc3cc(CN5CCN(C)CC5)ccc3-4)s2)CC(C)C)c1. The Morgan fingerprint density at radius 3 is 2.71 bits per heavy atom. The van der Waals surface area contributed by atoms with Crippen LogP contribution in [-0.4, -0.2) is 70.7 Å². The van der Waals surface area contributed by atoms with Gasteiger partial charge in [0.2, 0.25) is 0 Å². The molecule has 0 bridgehead atoms. The van der Waals surface area contributed by atoms with Crippen LogP contribution in [0.4, 0.5) is 10.5 Å². The van der Waals surface area contributed by atoms with Gasteiger partial charge >= 0.3 is 6.03 Å². The molecule has 0 unspecified atom stereocenters. The largest absolute Gasteiger partial charge is 0.322 e. The van der Waals surface area contributed by atoms with E-state index >= 15 is 0 Å². The first-order valence-electron chi connectivity index (χ1n) is 14.6. The molecule has 2 aliphatic rings. The topological polar surface area (TPSA) is 67.5 Å². The minimum absolute atomic E-state index is 0.0653. The Hall–Kier alpha value is -3.46. The third-order valence-electron chi connectivity index (χ3n) is 8.06. The van der Waals surface area contributed by atoms with E-state index in [-0.39, 0.29) is 6.03 Å². The van der Waals surface area contributed by atoms with Crippen LogP contribution in [0.5, 0.6) is 0 Å². The van der Waals surface area contributed by atoms with E-state index in [0.717, 1.165) is 66.7 Å². The van der Waals surface area contributed by atoms with Crippen molar-refractivity contribution in [1.82, 2.24) is 24.9 Å². The number of carbonyl (C=O) groups is 1. The van der Waals surface area contributed by atoms with Crippen molar-refractivity contribution in [3.8, 4) is 21.8 Å². The average molecular weight is 569 g/mol. The molecule has 3 heterocycles. The fourth-order valence-electron chi connectivity index (χ4n) is 5.91. The summed E-state index contributed by atoms with van der Waals surface area (Å²) in [6, 6.07) is 19.1. The number of benzene rings is 2. The van der Waals surface area contributed by atoms with Crippen molar-refractivity contribution in [2.24, 2.45) is 5.92 Å². The number of amides is 2. The number of aryl methyl sites for hydroxylation is 1. The smallest absolute Gasteiger partial charge is 0.319 e. The highest BCUT2D eigenvalue weighted by Gasteiger charge is 2.27. The molecular formula is C33H40N6OS. The van der Waals surface area contributed by atoms with Gasteiger partial charge in [0.05, 0.1) is 22.8 Å². The molecule has 1 aliphatic heterocycles. The number of aromatic nitrogens is 2. The number of nitrogens with zero attached hydrogens (tertiary/aromatic N) is 4. The predicted molar refractivity (Wildman–Crippen MR) is 168 cm³/mol. The molecule has 0 saturated carbocycles. The number of rotatable bonds is 8. The molecule has 7 nitrogen and oxygen atoms in total. The maximum absolute atomic E-state index is 13.2. The van der Waals surface area contributed by atoms with Crippen LogP contribution in [0.15, 0.2) is 54.6 Å². The number of thiophene rings is 1. The molecule has 214 valence electrons. The summed E-state index contributed by atoms with van der Waals surface area (Å²) in [6.45, 7) is 13.1. The lowest BCUT2D eigenvalue weighted by molar-refractivity contribution is 0.148. The zero-order valence-corrected chi connectivity index (χ0v) is 25.4.